The van der Waals surface area contributed by atoms with Crippen molar-refractivity contribution in [2.75, 3.05) is 18.4 Å². The quantitative estimate of drug-likeness (QED) is 0.883. The maximum absolute atomic E-state index is 12.5. The number of fused-ring (bicyclic) bond motifs is 1. The number of hydrogen-bond donors (Lipinski definition) is 2. The third-order valence-electron chi connectivity index (χ3n) is 5.20. The van der Waals surface area contributed by atoms with Gasteiger partial charge in [0, 0.05) is 18.8 Å². The maximum atomic E-state index is 12.5. The Balaban J connectivity index is 1.66. The Kier molecular flexibility index (Phi) is 3.68. The van der Waals surface area contributed by atoms with Gasteiger partial charge in [0.25, 0.3) is 0 Å². The normalized spacial score (nSPS) is 23.1. The van der Waals surface area contributed by atoms with Crippen molar-refractivity contribution < 1.29 is 4.79 Å². The second-order valence-corrected chi connectivity index (χ2v) is 6.28. The zero-order chi connectivity index (χ0) is 14.0. The highest BCUT2D eigenvalue weighted by Gasteiger charge is 2.36. The molecule has 2 N–H and O–H groups in total. The fraction of sp³-hybridized carbons (Fsp3) is 0.588. The molecule has 108 valence electrons. The first-order valence-electron chi connectivity index (χ1n) is 7.85. The third kappa shape index (κ3) is 2.41. The van der Waals surface area contributed by atoms with Gasteiger partial charge in [0.05, 0.1) is 5.92 Å². The molecule has 1 heterocycles. The molecule has 3 rings (SSSR count). The molecule has 20 heavy (non-hydrogen) atoms. The number of carbonyl (C=O) groups excluding carboxylic acids is 1. The Hall–Kier alpha value is -1.51. The van der Waals surface area contributed by atoms with Crippen LogP contribution in [0.3, 0.4) is 0 Å². The van der Waals surface area contributed by atoms with E-state index >= 15 is 0 Å². The molecular weight excluding hydrogens is 248 g/mol. The van der Waals surface area contributed by atoms with Gasteiger partial charge in [-0.05, 0) is 42.7 Å². The van der Waals surface area contributed by atoms with E-state index in [-0.39, 0.29) is 11.8 Å². The van der Waals surface area contributed by atoms with E-state index in [0.29, 0.717) is 5.41 Å². The highest BCUT2D eigenvalue weighted by Crippen LogP contribution is 2.43. The lowest BCUT2D eigenvalue weighted by atomic mass is 9.67. The molecular formula is C17H24N2O. The van der Waals surface area contributed by atoms with E-state index in [0.717, 1.165) is 30.8 Å². The van der Waals surface area contributed by atoms with Crippen molar-refractivity contribution in [2.45, 2.75) is 44.9 Å². The number of anilines is 1. The van der Waals surface area contributed by atoms with Crippen LogP contribution < -0.4 is 10.6 Å². The summed E-state index contributed by atoms with van der Waals surface area (Å²) in [5, 5.41) is 6.59. The molecule has 1 atom stereocenters. The largest absolute Gasteiger partial charge is 0.385 e. The summed E-state index contributed by atoms with van der Waals surface area (Å²) in [6, 6.07) is 8.18. The summed E-state index contributed by atoms with van der Waals surface area (Å²) in [7, 11) is 0. The van der Waals surface area contributed by atoms with E-state index in [1.54, 1.807) is 0 Å². The zero-order valence-corrected chi connectivity index (χ0v) is 12.2. The minimum atomic E-state index is 0.0152. The summed E-state index contributed by atoms with van der Waals surface area (Å²) in [6.07, 6.45) is 5.93. The predicted octanol–water partition coefficient (Wildman–Crippen LogP) is 3.28. The Labute approximate surface area is 121 Å². The van der Waals surface area contributed by atoms with Crippen LogP contribution in [0.15, 0.2) is 24.3 Å². The molecule has 3 heteroatoms. The zero-order valence-electron chi connectivity index (χ0n) is 12.2. The van der Waals surface area contributed by atoms with Crippen LogP contribution in [0.4, 0.5) is 5.69 Å². The average molecular weight is 272 g/mol. The van der Waals surface area contributed by atoms with Gasteiger partial charge in [-0.2, -0.15) is 0 Å². The summed E-state index contributed by atoms with van der Waals surface area (Å²) in [5.74, 6) is 0.222. The molecule has 0 aromatic heterocycles. The molecule has 1 aromatic rings. The third-order valence-corrected chi connectivity index (χ3v) is 5.20. The van der Waals surface area contributed by atoms with E-state index in [4.69, 9.17) is 0 Å². The first-order valence-corrected chi connectivity index (χ1v) is 7.85. The predicted molar refractivity (Wildman–Crippen MR) is 81.9 cm³/mol. The standard InChI is InChI=1S/C17H24N2O/c1-2-17(9-5-10-17)12-19-16(20)14-8-11-18-15-7-4-3-6-13(14)15/h3-4,6-7,14,18H,2,5,8-12H2,1H3,(H,19,20). The van der Waals surface area contributed by atoms with E-state index in [9.17, 15) is 4.79 Å². The number of benzene rings is 1. The van der Waals surface area contributed by atoms with Crippen LogP contribution in [0, 0.1) is 5.41 Å². The van der Waals surface area contributed by atoms with E-state index < -0.39 is 0 Å². The molecule has 1 aliphatic heterocycles. The van der Waals surface area contributed by atoms with Gasteiger partial charge in [0.15, 0.2) is 0 Å². The molecule has 0 saturated heterocycles. The summed E-state index contributed by atoms with van der Waals surface area (Å²) in [6.45, 7) is 3.98. The average Bonchev–Trinajstić information content (AvgIpc) is 2.46. The first kappa shape index (κ1) is 13.5. The summed E-state index contributed by atoms with van der Waals surface area (Å²) < 4.78 is 0. The van der Waals surface area contributed by atoms with Gasteiger partial charge in [-0.3, -0.25) is 4.79 Å². The topological polar surface area (TPSA) is 41.1 Å². The lowest BCUT2D eigenvalue weighted by Gasteiger charge is -2.41. The SMILES string of the molecule is CCC1(CNC(=O)C2CCNc3ccccc32)CCC1. The van der Waals surface area contributed by atoms with Crippen molar-refractivity contribution in [1.29, 1.82) is 0 Å². The Morgan fingerprint density at radius 1 is 1.40 bits per heavy atom. The maximum Gasteiger partial charge on any atom is 0.227 e. The molecule has 0 radical (unpaired) electrons. The van der Waals surface area contributed by atoms with E-state index in [1.165, 1.54) is 25.7 Å². The second-order valence-electron chi connectivity index (χ2n) is 6.28. The number of para-hydroxylation sites is 1. The second kappa shape index (κ2) is 5.47. The Morgan fingerprint density at radius 2 is 2.20 bits per heavy atom. The molecule has 1 saturated carbocycles. The highest BCUT2D eigenvalue weighted by molar-refractivity contribution is 5.86. The van der Waals surface area contributed by atoms with Gasteiger partial charge in [-0.25, -0.2) is 0 Å². The van der Waals surface area contributed by atoms with Gasteiger partial charge >= 0.3 is 0 Å². The van der Waals surface area contributed by atoms with Gasteiger partial charge < -0.3 is 10.6 Å². The molecule has 0 bridgehead atoms. The Morgan fingerprint density at radius 3 is 2.90 bits per heavy atom. The van der Waals surface area contributed by atoms with Gasteiger partial charge in [-0.1, -0.05) is 31.5 Å². The summed E-state index contributed by atoms with van der Waals surface area (Å²) >= 11 is 0. The van der Waals surface area contributed by atoms with Crippen LogP contribution in [0.5, 0.6) is 0 Å². The van der Waals surface area contributed by atoms with E-state index in [2.05, 4.69) is 29.7 Å². The molecule has 1 amide bonds. The highest BCUT2D eigenvalue weighted by atomic mass is 16.1. The number of nitrogens with one attached hydrogen (secondary N) is 2. The molecule has 3 nitrogen and oxygen atoms in total. The van der Waals surface area contributed by atoms with Crippen LogP contribution in [0.25, 0.3) is 0 Å². The van der Waals surface area contributed by atoms with Crippen molar-refractivity contribution in [2.24, 2.45) is 5.41 Å². The van der Waals surface area contributed by atoms with Crippen LogP contribution >= 0.6 is 0 Å². The smallest absolute Gasteiger partial charge is 0.227 e. The van der Waals surface area contributed by atoms with Crippen LogP contribution in [-0.4, -0.2) is 19.0 Å². The molecule has 0 spiro atoms. The molecule has 1 unspecified atom stereocenters. The summed E-state index contributed by atoms with van der Waals surface area (Å²) in [5.41, 5.74) is 2.66. The number of rotatable bonds is 4. The van der Waals surface area contributed by atoms with Crippen LogP contribution in [0.2, 0.25) is 0 Å². The molecule has 1 fully saturated rings. The number of carbonyl (C=O) groups is 1. The van der Waals surface area contributed by atoms with Crippen LogP contribution in [-0.2, 0) is 4.79 Å². The first-order chi connectivity index (χ1) is 9.74. The minimum Gasteiger partial charge on any atom is -0.385 e. The Bertz CT molecular complexity index is 488. The van der Waals surface area contributed by atoms with Crippen molar-refractivity contribution in [3.63, 3.8) is 0 Å². The fourth-order valence-electron chi connectivity index (χ4n) is 3.47. The fourth-order valence-corrected chi connectivity index (χ4v) is 3.47. The monoisotopic (exact) mass is 272 g/mol. The molecule has 1 aliphatic carbocycles. The van der Waals surface area contributed by atoms with Crippen molar-refractivity contribution in [1.82, 2.24) is 5.32 Å². The minimum absolute atomic E-state index is 0.0152. The van der Waals surface area contributed by atoms with Crippen molar-refractivity contribution in [3.8, 4) is 0 Å². The van der Waals surface area contributed by atoms with Crippen molar-refractivity contribution in [3.05, 3.63) is 29.8 Å². The van der Waals surface area contributed by atoms with Crippen LogP contribution in [0.1, 0.15) is 50.5 Å². The summed E-state index contributed by atoms with van der Waals surface area (Å²) in [4.78, 5) is 12.5. The number of amides is 1. The van der Waals surface area contributed by atoms with Crippen molar-refractivity contribution >= 4 is 11.6 Å². The lowest BCUT2D eigenvalue weighted by Crippen LogP contribution is -2.43. The van der Waals surface area contributed by atoms with Gasteiger partial charge in [0.2, 0.25) is 5.91 Å². The number of hydrogen-bond acceptors (Lipinski definition) is 2. The molecule has 2 aliphatic rings. The van der Waals surface area contributed by atoms with Gasteiger partial charge in [0.1, 0.15) is 0 Å². The van der Waals surface area contributed by atoms with E-state index in [1.807, 2.05) is 12.1 Å². The lowest BCUT2D eigenvalue weighted by molar-refractivity contribution is -0.123. The molecule has 1 aromatic carbocycles. The van der Waals surface area contributed by atoms with Gasteiger partial charge in [-0.15, -0.1) is 0 Å².